The van der Waals surface area contributed by atoms with Crippen LogP contribution >= 0.6 is 0 Å². The fraction of sp³-hybridized carbons (Fsp3) is 0.526. The van der Waals surface area contributed by atoms with E-state index in [1.807, 2.05) is 24.3 Å². The number of hydrogen-bond donors (Lipinski definition) is 0. The van der Waals surface area contributed by atoms with E-state index in [1.54, 1.807) is 14.0 Å². The predicted octanol–water partition coefficient (Wildman–Crippen LogP) is 2.50. The van der Waals surface area contributed by atoms with Crippen LogP contribution in [0, 0.1) is 11.3 Å². The molecule has 1 aromatic rings. The van der Waals surface area contributed by atoms with Crippen LogP contribution in [0.3, 0.4) is 0 Å². The molecule has 3 atom stereocenters. The molecule has 6 heteroatoms. The highest BCUT2D eigenvalue weighted by Crippen LogP contribution is 2.46. The lowest BCUT2D eigenvalue weighted by atomic mass is 9.62. The van der Waals surface area contributed by atoms with Crippen LogP contribution in [-0.2, 0) is 23.9 Å². The highest BCUT2D eigenvalue weighted by atomic mass is 16.5. The average molecular weight is 348 g/mol. The van der Waals surface area contributed by atoms with Gasteiger partial charge in [-0.05, 0) is 43.4 Å². The van der Waals surface area contributed by atoms with Crippen molar-refractivity contribution in [1.29, 1.82) is 0 Å². The van der Waals surface area contributed by atoms with E-state index in [1.165, 1.54) is 14.2 Å². The Morgan fingerprint density at radius 3 is 2.28 bits per heavy atom. The van der Waals surface area contributed by atoms with E-state index < -0.39 is 23.3 Å². The van der Waals surface area contributed by atoms with Gasteiger partial charge in [-0.2, -0.15) is 0 Å². The summed E-state index contributed by atoms with van der Waals surface area (Å²) >= 11 is 0. The molecule has 2 rings (SSSR count). The van der Waals surface area contributed by atoms with Gasteiger partial charge in [0.15, 0.2) is 5.78 Å². The van der Waals surface area contributed by atoms with E-state index in [2.05, 4.69) is 0 Å². The molecule has 6 nitrogen and oxygen atoms in total. The maximum Gasteiger partial charge on any atom is 0.319 e. The van der Waals surface area contributed by atoms with E-state index in [-0.39, 0.29) is 18.1 Å². The third-order valence-electron chi connectivity index (χ3n) is 5.12. The lowest BCUT2D eigenvalue weighted by molar-refractivity contribution is -0.163. The van der Waals surface area contributed by atoms with Gasteiger partial charge in [0.25, 0.3) is 0 Å². The van der Waals surface area contributed by atoms with Gasteiger partial charge in [-0.1, -0.05) is 12.1 Å². The molecule has 0 spiro atoms. The molecule has 136 valence electrons. The monoisotopic (exact) mass is 348 g/mol. The van der Waals surface area contributed by atoms with Gasteiger partial charge in [-0.15, -0.1) is 0 Å². The Balaban J connectivity index is 2.36. The molecule has 1 aliphatic rings. The number of ether oxygens (including phenoxy) is 3. The van der Waals surface area contributed by atoms with Gasteiger partial charge in [-0.3, -0.25) is 14.4 Å². The van der Waals surface area contributed by atoms with Crippen molar-refractivity contribution in [2.75, 3.05) is 21.3 Å². The zero-order chi connectivity index (χ0) is 18.6. The summed E-state index contributed by atoms with van der Waals surface area (Å²) in [6.45, 7) is 1.59. The lowest BCUT2D eigenvalue weighted by Gasteiger charge is -2.39. The van der Waals surface area contributed by atoms with E-state index >= 15 is 0 Å². The van der Waals surface area contributed by atoms with E-state index in [4.69, 9.17) is 14.2 Å². The summed E-state index contributed by atoms with van der Waals surface area (Å²) in [5.41, 5.74) is -0.286. The zero-order valence-corrected chi connectivity index (χ0v) is 15.0. The van der Waals surface area contributed by atoms with Crippen molar-refractivity contribution in [3.63, 3.8) is 0 Å². The molecule has 0 amide bonds. The second-order valence-electron chi connectivity index (χ2n) is 6.49. The summed E-state index contributed by atoms with van der Waals surface area (Å²) in [7, 11) is 4.14. The molecule has 1 aliphatic carbocycles. The van der Waals surface area contributed by atoms with Crippen LogP contribution in [0.15, 0.2) is 24.3 Å². The minimum absolute atomic E-state index is 0.0569. The molecule has 0 aromatic heterocycles. The maximum atomic E-state index is 13.1. The van der Waals surface area contributed by atoms with Gasteiger partial charge in [0.1, 0.15) is 11.2 Å². The molecular weight excluding hydrogens is 324 g/mol. The van der Waals surface area contributed by atoms with Gasteiger partial charge in [0.05, 0.1) is 27.8 Å². The highest BCUT2D eigenvalue weighted by Gasteiger charge is 2.51. The SMILES string of the molecule is COC(=O)CC1C(=O)C(C)(C(=O)OC)CCC1c1ccc(OC)cc1. The molecule has 0 N–H and O–H groups in total. The van der Waals surface area contributed by atoms with Crippen LogP contribution in [0.2, 0.25) is 0 Å². The van der Waals surface area contributed by atoms with Crippen LogP contribution in [0.5, 0.6) is 5.75 Å². The largest absolute Gasteiger partial charge is 0.497 e. The second kappa shape index (κ2) is 7.68. The van der Waals surface area contributed by atoms with Crippen LogP contribution in [0.4, 0.5) is 0 Å². The van der Waals surface area contributed by atoms with E-state index in [0.29, 0.717) is 12.8 Å². The molecule has 0 radical (unpaired) electrons. The van der Waals surface area contributed by atoms with E-state index in [9.17, 15) is 14.4 Å². The molecule has 0 bridgehead atoms. The van der Waals surface area contributed by atoms with Gasteiger partial charge in [-0.25, -0.2) is 0 Å². The molecule has 3 unspecified atom stereocenters. The van der Waals surface area contributed by atoms with Gasteiger partial charge in [0, 0.05) is 5.92 Å². The summed E-state index contributed by atoms with van der Waals surface area (Å²) in [5.74, 6) is -1.35. The van der Waals surface area contributed by atoms with Crippen molar-refractivity contribution in [2.24, 2.45) is 11.3 Å². The molecule has 1 fully saturated rings. The third kappa shape index (κ3) is 3.67. The van der Waals surface area contributed by atoms with Crippen molar-refractivity contribution in [3.8, 4) is 5.75 Å². The maximum absolute atomic E-state index is 13.1. The summed E-state index contributed by atoms with van der Waals surface area (Å²) < 4.78 is 14.7. The quantitative estimate of drug-likeness (QED) is 0.601. The average Bonchev–Trinajstić information content (AvgIpc) is 2.64. The number of rotatable bonds is 5. The topological polar surface area (TPSA) is 78.9 Å². The normalized spacial score (nSPS) is 26.0. The molecule has 0 aliphatic heterocycles. The molecular formula is C19H24O6. The molecule has 0 saturated heterocycles. The number of methoxy groups -OCH3 is 3. The first-order valence-corrected chi connectivity index (χ1v) is 8.21. The Hall–Kier alpha value is -2.37. The molecule has 25 heavy (non-hydrogen) atoms. The summed E-state index contributed by atoms with van der Waals surface area (Å²) in [6.07, 6.45) is 0.927. The third-order valence-corrected chi connectivity index (χ3v) is 5.12. The smallest absolute Gasteiger partial charge is 0.319 e. The zero-order valence-electron chi connectivity index (χ0n) is 15.0. The summed E-state index contributed by atoms with van der Waals surface area (Å²) in [4.78, 5) is 37.1. The fourth-order valence-corrected chi connectivity index (χ4v) is 3.54. The number of hydrogen-bond acceptors (Lipinski definition) is 6. The van der Waals surface area contributed by atoms with Gasteiger partial charge >= 0.3 is 11.9 Å². The Morgan fingerprint density at radius 1 is 1.12 bits per heavy atom. The second-order valence-corrected chi connectivity index (χ2v) is 6.49. The Labute approximate surface area is 147 Å². The van der Waals surface area contributed by atoms with Crippen molar-refractivity contribution >= 4 is 17.7 Å². The highest BCUT2D eigenvalue weighted by molar-refractivity contribution is 6.06. The van der Waals surface area contributed by atoms with Crippen molar-refractivity contribution in [3.05, 3.63) is 29.8 Å². The first-order valence-electron chi connectivity index (χ1n) is 8.21. The predicted molar refractivity (Wildman–Crippen MR) is 90.2 cm³/mol. The fourth-order valence-electron chi connectivity index (χ4n) is 3.54. The van der Waals surface area contributed by atoms with Crippen molar-refractivity contribution in [2.45, 2.75) is 32.1 Å². The molecule has 1 saturated carbocycles. The van der Waals surface area contributed by atoms with Crippen LogP contribution in [-0.4, -0.2) is 39.1 Å². The van der Waals surface area contributed by atoms with Crippen molar-refractivity contribution < 1.29 is 28.6 Å². The Bertz CT molecular complexity index is 650. The van der Waals surface area contributed by atoms with Crippen LogP contribution < -0.4 is 4.74 Å². The van der Waals surface area contributed by atoms with Crippen LogP contribution in [0.1, 0.15) is 37.7 Å². The minimum atomic E-state index is -1.23. The van der Waals surface area contributed by atoms with Crippen LogP contribution in [0.25, 0.3) is 0 Å². The standard InChI is InChI=1S/C19H24O6/c1-19(18(22)25-4)10-9-14(12-5-7-13(23-2)8-6-12)15(17(19)21)11-16(20)24-3/h5-8,14-15H,9-11H2,1-4H3. The number of carbonyl (C=O) groups is 3. The Kier molecular flexibility index (Phi) is 5.82. The lowest BCUT2D eigenvalue weighted by Crippen LogP contribution is -2.47. The molecule has 0 heterocycles. The summed E-state index contributed by atoms with van der Waals surface area (Å²) in [5, 5.41) is 0. The van der Waals surface area contributed by atoms with Crippen molar-refractivity contribution in [1.82, 2.24) is 0 Å². The first kappa shape index (κ1) is 19.0. The number of ketones is 1. The molecule has 1 aromatic carbocycles. The van der Waals surface area contributed by atoms with Gasteiger partial charge in [0.2, 0.25) is 0 Å². The number of Topliss-reactive ketones (excluding diaryl/α,β-unsaturated/α-hetero) is 1. The number of benzene rings is 1. The number of esters is 2. The Morgan fingerprint density at radius 2 is 1.76 bits per heavy atom. The summed E-state index contributed by atoms with van der Waals surface area (Å²) in [6, 6.07) is 7.43. The minimum Gasteiger partial charge on any atom is -0.497 e. The number of carbonyl (C=O) groups excluding carboxylic acids is 3. The van der Waals surface area contributed by atoms with Gasteiger partial charge < -0.3 is 14.2 Å². The first-order chi connectivity index (χ1) is 11.9. The van der Waals surface area contributed by atoms with E-state index in [0.717, 1.165) is 11.3 Å².